The van der Waals surface area contributed by atoms with Crippen LogP contribution in [0.3, 0.4) is 0 Å². The number of rotatable bonds is 40. The molecule has 9 heteroatoms. The number of nitrogens with one attached hydrogen (secondary N) is 1. The average Bonchev–Trinajstić information content (AvgIpc) is 3.13. The summed E-state index contributed by atoms with van der Waals surface area (Å²) < 4.78 is 22.1. The van der Waals surface area contributed by atoms with Crippen LogP contribution in [-0.2, 0) is 18.4 Å². The third kappa shape index (κ3) is 37.1. The molecule has 0 bridgehead atoms. The summed E-state index contributed by atoms with van der Waals surface area (Å²) in [4.78, 5) is 22.6. The number of hydrogen-bond donors (Lipinski definition) is 4. The van der Waals surface area contributed by atoms with Gasteiger partial charge in [0.15, 0.2) is 0 Å². The summed E-state index contributed by atoms with van der Waals surface area (Å²) in [5.74, 6) is -0.209. The summed E-state index contributed by atoms with van der Waals surface area (Å²) in [5.41, 5.74) is 5.36. The lowest BCUT2D eigenvalue weighted by Gasteiger charge is -2.23. The van der Waals surface area contributed by atoms with Crippen molar-refractivity contribution in [3.05, 3.63) is 36.5 Å². The molecule has 5 N–H and O–H groups in total. The zero-order valence-electron chi connectivity index (χ0n) is 33.8. The fraction of sp³-hybridized carbons (Fsp3) is 0.837. The fourth-order valence-electron chi connectivity index (χ4n) is 6.16. The molecule has 0 aromatic heterocycles. The number of allylic oxidation sites excluding steroid dienone is 5. The molecule has 8 nitrogen and oxygen atoms in total. The van der Waals surface area contributed by atoms with Crippen molar-refractivity contribution >= 4 is 13.7 Å². The van der Waals surface area contributed by atoms with Crippen LogP contribution in [0.15, 0.2) is 36.5 Å². The van der Waals surface area contributed by atoms with Crippen molar-refractivity contribution < 1.29 is 28.4 Å². The standard InChI is InChI=1S/C43H83N2O6P/c1-3-5-7-9-11-13-15-17-18-19-20-21-22-23-24-25-26-28-30-32-34-36-42(46)41(40-51-52(48,49)50-39-38-44)45-43(47)37-35-33-31-29-27-16-14-12-10-8-6-4-2/h22-23,26,28,34,36,41-42,46H,3-21,24-25,27,29-33,35,37-40,44H2,1-2H3,(H,45,47)(H,48,49)/b23-22+,28-26+,36-34+. The zero-order chi connectivity index (χ0) is 38.2. The zero-order valence-corrected chi connectivity index (χ0v) is 34.7. The Morgan fingerprint density at radius 2 is 1.02 bits per heavy atom. The second-order valence-electron chi connectivity index (χ2n) is 14.5. The maximum atomic E-state index is 12.7. The summed E-state index contributed by atoms with van der Waals surface area (Å²) in [6.07, 6.45) is 46.3. The van der Waals surface area contributed by atoms with Crippen LogP contribution in [0.1, 0.15) is 200 Å². The van der Waals surface area contributed by atoms with Crippen molar-refractivity contribution in [1.82, 2.24) is 5.32 Å². The maximum Gasteiger partial charge on any atom is 0.472 e. The molecule has 0 saturated heterocycles. The second kappa shape index (κ2) is 39.4. The number of aliphatic hydroxyl groups excluding tert-OH is 1. The molecule has 3 unspecified atom stereocenters. The molecule has 0 aliphatic heterocycles. The van der Waals surface area contributed by atoms with Gasteiger partial charge < -0.3 is 21.1 Å². The van der Waals surface area contributed by atoms with Gasteiger partial charge in [-0.05, 0) is 44.9 Å². The molecule has 0 aliphatic carbocycles. The van der Waals surface area contributed by atoms with Gasteiger partial charge in [0.05, 0.1) is 25.4 Å². The number of hydrogen-bond acceptors (Lipinski definition) is 6. The van der Waals surface area contributed by atoms with Crippen molar-refractivity contribution in [3.63, 3.8) is 0 Å². The smallest absolute Gasteiger partial charge is 0.387 e. The van der Waals surface area contributed by atoms with Gasteiger partial charge in [-0.2, -0.15) is 0 Å². The van der Waals surface area contributed by atoms with Crippen LogP contribution in [0.2, 0.25) is 0 Å². The van der Waals surface area contributed by atoms with Crippen molar-refractivity contribution in [1.29, 1.82) is 0 Å². The van der Waals surface area contributed by atoms with Crippen LogP contribution < -0.4 is 11.1 Å². The van der Waals surface area contributed by atoms with Crippen LogP contribution in [0.5, 0.6) is 0 Å². The lowest BCUT2D eigenvalue weighted by molar-refractivity contribution is -0.123. The van der Waals surface area contributed by atoms with Crippen LogP contribution in [0.25, 0.3) is 0 Å². The highest BCUT2D eigenvalue weighted by Gasteiger charge is 2.26. The largest absolute Gasteiger partial charge is 0.472 e. The van der Waals surface area contributed by atoms with Gasteiger partial charge in [0.1, 0.15) is 0 Å². The van der Waals surface area contributed by atoms with Gasteiger partial charge in [0.2, 0.25) is 5.91 Å². The molecule has 306 valence electrons. The van der Waals surface area contributed by atoms with E-state index >= 15 is 0 Å². The molecule has 0 radical (unpaired) electrons. The number of carbonyl (C=O) groups is 1. The van der Waals surface area contributed by atoms with Gasteiger partial charge in [-0.1, -0.05) is 185 Å². The molecular formula is C43H83N2O6P. The van der Waals surface area contributed by atoms with Crippen LogP contribution >= 0.6 is 7.82 Å². The first-order valence-corrected chi connectivity index (χ1v) is 23.1. The van der Waals surface area contributed by atoms with Gasteiger partial charge in [-0.3, -0.25) is 13.8 Å². The normalized spacial score (nSPS) is 14.5. The second-order valence-corrected chi connectivity index (χ2v) is 16.0. The monoisotopic (exact) mass is 755 g/mol. The maximum absolute atomic E-state index is 12.7. The molecule has 3 atom stereocenters. The Hall–Kier alpha value is -1.28. The number of unbranched alkanes of at least 4 members (excludes halogenated alkanes) is 24. The van der Waals surface area contributed by atoms with Gasteiger partial charge in [-0.25, -0.2) is 4.57 Å². The van der Waals surface area contributed by atoms with Crippen molar-refractivity contribution in [3.8, 4) is 0 Å². The Labute approximate surface area is 320 Å². The number of carbonyl (C=O) groups excluding carboxylic acids is 1. The van der Waals surface area contributed by atoms with Crippen LogP contribution in [-0.4, -0.2) is 47.8 Å². The Bertz CT molecular complexity index is 912. The van der Waals surface area contributed by atoms with E-state index in [9.17, 15) is 19.4 Å². The molecular weight excluding hydrogens is 671 g/mol. The summed E-state index contributed by atoms with van der Waals surface area (Å²) in [6.45, 7) is 4.10. The number of phosphoric acid groups is 1. The highest BCUT2D eigenvalue weighted by Crippen LogP contribution is 2.43. The van der Waals surface area contributed by atoms with Crippen molar-refractivity contribution in [2.24, 2.45) is 5.73 Å². The minimum atomic E-state index is -4.35. The predicted octanol–water partition coefficient (Wildman–Crippen LogP) is 11.9. The molecule has 0 rings (SSSR count). The quantitative estimate of drug-likeness (QED) is 0.0278. The molecule has 0 heterocycles. The topological polar surface area (TPSA) is 131 Å². The van der Waals surface area contributed by atoms with E-state index in [1.165, 1.54) is 135 Å². The highest BCUT2D eigenvalue weighted by atomic mass is 31.2. The van der Waals surface area contributed by atoms with Gasteiger partial charge in [-0.15, -0.1) is 0 Å². The van der Waals surface area contributed by atoms with Crippen molar-refractivity contribution in [2.75, 3.05) is 19.8 Å². The van der Waals surface area contributed by atoms with E-state index in [1.807, 2.05) is 6.08 Å². The Morgan fingerprint density at radius 1 is 0.615 bits per heavy atom. The molecule has 0 spiro atoms. The highest BCUT2D eigenvalue weighted by molar-refractivity contribution is 7.47. The van der Waals surface area contributed by atoms with E-state index in [-0.39, 0.29) is 25.7 Å². The molecule has 0 aromatic carbocycles. The van der Waals surface area contributed by atoms with Gasteiger partial charge in [0, 0.05) is 13.0 Å². The van der Waals surface area contributed by atoms with E-state index in [2.05, 4.69) is 43.5 Å². The summed E-state index contributed by atoms with van der Waals surface area (Å²) in [5, 5.41) is 13.6. The number of amides is 1. The summed E-state index contributed by atoms with van der Waals surface area (Å²) >= 11 is 0. The lowest BCUT2D eigenvalue weighted by Crippen LogP contribution is -2.45. The lowest BCUT2D eigenvalue weighted by atomic mass is 10.0. The van der Waals surface area contributed by atoms with E-state index in [0.29, 0.717) is 6.42 Å². The van der Waals surface area contributed by atoms with Crippen molar-refractivity contribution in [2.45, 2.75) is 212 Å². The predicted molar refractivity (Wildman–Crippen MR) is 221 cm³/mol. The molecule has 0 aromatic rings. The Morgan fingerprint density at radius 3 is 1.48 bits per heavy atom. The fourth-order valence-corrected chi connectivity index (χ4v) is 6.92. The molecule has 0 fully saturated rings. The molecule has 52 heavy (non-hydrogen) atoms. The summed E-state index contributed by atoms with van der Waals surface area (Å²) in [6, 6.07) is -0.879. The number of aliphatic hydroxyl groups is 1. The van der Waals surface area contributed by atoms with Crippen LogP contribution in [0.4, 0.5) is 0 Å². The van der Waals surface area contributed by atoms with E-state index in [0.717, 1.165) is 44.9 Å². The third-order valence-electron chi connectivity index (χ3n) is 9.45. The summed E-state index contributed by atoms with van der Waals surface area (Å²) in [7, 11) is -4.35. The third-order valence-corrected chi connectivity index (χ3v) is 10.4. The van der Waals surface area contributed by atoms with E-state index in [1.54, 1.807) is 6.08 Å². The first-order chi connectivity index (χ1) is 25.4. The molecule has 1 amide bonds. The minimum absolute atomic E-state index is 0.0725. The number of phosphoric ester groups is 1. The number of nitrogens with two attached hydrogens (primary N) is 1. The Kier molecular flexibility index (Phi) is 38.4. The van der Waals surface area contributed by atoms with Crippen LogP contribution in [0, 0.1) is 0 Å². The SMILES string of the molecule is CCCCCCCCCCCCC/C=C/CC/C=C/CC/C=C/C(O)C(COP(=O)(O)OCCN)NC(=O)CCCCCCCCCCCCCC. The Balaban J connectivity index is 4.27. The molecule has 0 saturated carbocycles. The van der Waals surface area contributed by atoms with Gasteiger partial charge in [0.25, 0.3) is 0 Å². The van der Waals surface area contributed by atoms with E-state index < -0.39 is 20.0 Å². The first-order valence-electron chi connectivity index (χ1n) is 21.6. The minimum Gasteiger partial charge on any atom is -0.387 e. The molecule has 0 aliphatic rings. The van der Waals surface area contributed by atoms with Gasteiger partial charge >= 0.3 is 7.82 Å². The average molecular weight is 755 g/mol. The van der Waals surface area contributed by atoms with E-state index in [4.69, 9.17) is 14.8 Å². The first kappa shape index (κ1) is 50.7.